The van der Waals surface area contributed by atoms with E-state index in [0.717, 1.165) is 22.6 Å². The average molecular weight is 581 g/mol. The number of sulfonamides is 1. The van der Waals surface area contributed by atoms with Gasteiger partial charge in [-0.3, -0.25) is 9.59 Å². The summed E-state index contributed by atoms with van der Waals surface area (Å²) in [6, 6.07) is 5.07. The third-order valence-corrected chi connectivity index (χ3v) is 8.47. The van der Waals surface area contributed by atoms with Crippen LogP contribution in [0.2, 0.25) is 0 Å². The second-order valence-corrected chi connectivity index (χ2v) is 12.0. The van der Waals surface area contributed by atoms with Gasteiger partial charge in [0.25, 0.3) is 5.91 Å². The second kappa shape index (κ2) is 11.9. The van der Waals surface area contributed by atoms with E-state index in [0.29, 0.717) is 6.42 Å². The van der Waals surface area contributed by atoms with Gasteiger partial charge in [-0.15, -0.1) is 0 Å². The molecule has 1 aliphatic heterocycles. The first kappa shape index (κ1) is 29.4. The number of furan rings is 1. The fourth-order valence-electron chi connectivity index (χ4n) is 4.60. The molecule has 4 rings (SSSR count). The molecule has 1 fully saturated rings. The molecule has 0 radical (unpaired) electrons. The summed E-state index contributed by atoms with van der Waals surface area (Å²) in [6.07, 6.45) is 0.534. The molecular formula is C26H30F2N4O7S. The van der Waals surface area contributed by atoms with Crippen LogP contribution in [0.5, 0.6) is 0 Å². The van der Waals surface area contributed by atoms with Gasteiger partial charge in [-0.25, -0.2) is 17.2 Å². The van der Waals surface area contributed by atoms with Crippen LogP contribution in [0.4, 0.5) is 8.78 Å². The lowest BCUT2D eigenvalue weighted by Gasteiger charge is -2.27. The maximum Gasteiger partial charge on any atom is 0.323 e. The number of carbonyl (C=O) groups excluding carboxylic acids is 2. The first-order valence-corrected chi connectivity index (χ1v) is 14.2. The van der Waals surface area contributed by atoms with Crippen molar-refractivity contribution in [2.24, 2.45) is 5.92 Å². The van der Waals surface area contributed by atoms with Crippen molar-refractivity contribution < 1.29 is 41.0 Å². The number of β-amino-alcohol motifs (C(OH)–C–C–N with tert-alkyl or cyclic N) is 1. The minimum Gasteiger partial charge on any atom is -0.618 e. The first-order valence-electron chi connectivity index (χ1n) is 12.7. The Labute approximate surface area is 229 Å². The van der Waals surface area contributed by atoms with Crippen molar-refractivity contribution in [3.63, 3.8) is 0 Å². The molecule has 0 saturated carbocycles. The summed E-state index contributed by atoms with van der Waals surface area (Å²) in [4.78, 5) is 26.1. The van der Waals surface area contributed by atoms with Crippen molar-refractivity contribution in [2.45, 2.75) is 56.3 Å². The normalized spacial score (nSPS) is 19.4. The zero-order chi connectivity index (χ0) is 29.2. The van der Waals surface area contributed by atoms with Crippen molar-refractivity contribution in [2.75, 3.05) is 13.1 Å². The number of hydrogen-bond donors (Lipinski definition) is 3. The number of nitrogens with zero attached hydrogens (tertiary/aromatic N) is 2. The van der Waals surface area contributed by atoms with Crippen LogP contribution < -0.4 is 15.4 Å². The number of fused-ring (bicyclic) bond motifs is 1. The number of aromatic nitrogens is 1. The molecule has 216 valence electrons. The molecule has 2 aromatic heterocycles. The summed E-state index contributed by atoms with van der Waals surface area (Å²) in [5, 5.41) is 27.9. The number of benzene rings is 1. The van der Waals surface area contributed by atoms with Crippen molar-refractivity contribution in [3.8, 4) is 0 Å². The number of pyridine rings is 1. The molecule has 3 aromatic rings. The zero-order valence-corrected chi connectivity index (χ0v) is 22.7. The molecule has 3 N–H and O–H groups in total. The average Bonchev–Trinajstić information content (AvgIpc) is 3.19. The monoisotopic (exact) mass is 580 g/mol. The highest BCUT2D eigenvalue weighted by atomic mass is 32.2. The van der Waals surface area contributed by atoms with E-state index in [-0.39, 0.29) is 53.3 Å². The molecule has 0 aliphatic carbocycles. The lowest BCUT2D eigenvalue weighted by molar-refractivity contribution is -0.646. The standard InChI is InChI=1S/C26H30F2N4O7S/c1-15(2)10-20(30-26(35)23-12-16-11-17(27)18(28)13-22(16)39-23)25(34)29-19-6-5-8-31(14-21(19)33)40(37,38)24-7-3-4-9-32(24)36/h3-4,7,9,11-13,15,19-21,33H,5-6,8,10,14H2,1-2H3,(H,29,34)(H,30,35)/t19?,20?,21-/m0/s1. The molecule has 1 aliphatic rings. The molecule has 2 unspecified atom stereocenters. The minimum atomic E-state index is -4.20. The molecule has 40 heavy (non-hydrogen) atoms. The van der Waals surface area contributed by atoms with Gasteiger partial charge in [0.05, 0.1) is 12.1 Å². The van der Waals surface area contributed by atoms with Gasteiger partial charge >= 0.3 is 15.0 Å². The van der Waals surface area contributed by atoms with Gasteiger partial charge in [-0.05, 0) is 43.4 Å². The highest BCUT2D eigenvalue weighted by Gasteiger charge is 2.37. The maximum absolute atomic E-state index is 13.6. The lowest BCUT2D eigenvalue weighted by Crippen LogP contribution is -2.54. The molecule has 3 heterocycles. The predicted molar refractivity (Wildman–Crippen MR) is 138 cm³/mol. The summed E-state index contributed by atoms with van der Waals surface area (Å²) in [5.74, 6) is -3.87. The van der Waals surface area contributed by atoms with E-state index in [1.54, 1.807) is 0 Å². The summed E-state index contributed by atoms with van der Waals surface area (Å²) in [6.45, 7) is 3.36. The largest absolute Gasteiger partial charge is 0.618 e. The van der Waals surface area contributed by atoms with Crippen molar-refractivity contribution in [3.05, 3.63) is 65.2 Å². The Morgan fingerprint density at radius 2 is 1.95 bits per heavy atom. The van der Waals surface area contributed by atoms with E-state index >= 15 is 0 Å². The Morgan fingerprint density at radius 1 is 1.23 bits per heavy atom. The Hall–Kier alpha value is -3.62. The van der Waals surface area contributed by atoms with Gasteiger partial charge < -0.3 is 25.4 Å². The summed E-state index contributed by atoms with van der Waals surface area (Å²) in [7, 11) is -4.20. The fourth-order valence-corrected chi connectivity index (χ4v) is 6.12. The van der Waals surface area contributed by atoms with E-state index in [1.807, 2.05) is 13.8 Å². The van der Waals surface area contributed by atoms with E-state index < -0.39 is 56.7 Å². The maximum atomic E-state index is 13.6. The molecule has 3 atom stereocenters. The number of carbonyl (C=O) groups is 2. The number of aliphatic hydroxyl groups is 1. The molecular weight excluding hydrogens is 550 g/mol. The van der Waals surface area contributed by atoms with Gasteiger partial charge in [-0.2, -0.15) is 9.04 Å². The molecule has 11 nitrogen and oxygen atoms in total. The third kappa shape index (κ3) is 6.40. The topological polar surface area (TPSA) is 156 Å². The zero-order valence-electron chi connectivity index (χ0n) is 21.8. The fraction of sp³-hybridized carbons (Fsp3) is 0.423. The Bertz CT molecular complexity index is 1470. The third-order valence-electron chi connectivity index (χ3n) is 6.61. The Balaban J connectivity index is 1.46. The predicted octanol–water partition coefficient (Wildman–Crippen LogP) is 1.82. The quantitative estimate of drug-likeness (QED) is 0.271. The number of aliphatic hydroxyl groups excluding tert-OH is 1. The van der Waals surface area contributed by atoms with Crippen LogP contribution in [0, 0.1) is 22.8 Å². The summed E-state index contributed by atoms with van der Waals surface area (Å²) in [5.41, 5.74) is -0.0343. The number of hydrogen-bond acceptors (Lipinski definition) is 7. The van der Waals surface area contributed by atoms with Gasteiger partial charge in [0.15, 0.2) is 23.6 Å². The van der Waals surface area contributed by atoms with Crippen molar-refractivity contribution >= 4 is 32.8 Å². The molecule has 14 heteroatoms. The van der Waals surface area contributed by atoms with Crippen molar-refractivity contribution in [1.82, 2.24) is 14.9 Å². The number of amides is 2. The number of nitrogens with one attached hydrogen (secondary N) is 2. The van der Waals surface area contributed by atoms with Crippen LogP contribution in [-0.2, 0) is 14.8 Å². The van der Waals surface area contributed by atoms with E-state index in [2.05, 4.69) is 10.6 Å². The van der Waals surface area contributed by atoms with Crippen LogP contribution in [-0.4, -0.2) is 60.9 Å². The molecule has 2 amide bonds. The van der Waals surface area contributed by atoms with Gasteiger partial charge in [-0.1, -0.05) is 13.8 Å². The minimum absolute atomic E-state index is 0.0278. The highest BCUT2D eigenvalue weighted by molar-refractivity contribution is 7.88. The SMILES string of the molecule is CC(C)CC(NC(=O)c1cc2cc(F)c(F)cc2o1)C(=O)NC1CCCN(S(=O)(=O)c2cccc[n+]2[O-])C[C@@H]1O. The van der Waals surface area contributed by atoms with E-state index in [4.69, 9.17) is 4.42 Å². The molecule has 0 spiro atoms. The van der Waals surface area contributed by atoms with Crippen LogP contribution in [0.3, 0.4) is 0 Å². The smallest absolute Gasteiger partial charge is 0.323 e. The number of halogens is 2. The molecule has 0 bridgehead atoms. The van der Waals surface area contributed by atoms with Gasteiger partial charge in [0.1, 0.15) is 11.6 Å². The van der Waals surface area contributed by atoms with Crippen LogP contribution in [0.25, 0.3) is 11.0 Å². The van der Waals surface area contributed by atoms with E-state index in [1.165, 1.54) is 24.3 Å². The highest BCUT2D eigenvalue weighted by Crippen LogP contribution is 2.23. The van der Waals surface area contributed by atoms with Crippen LogP contribution in [0.1, 0.15) is 43.7 Å². The number of rotatable bonds is 8. The molecule has 1 aromatic carbocycles. The lowest BCUT2D eigenvalue weighted by atomic mass is 10.0. The van der Waals surface area contributed by atoms with Gasteiger partial charge in [0.2, 0.25) is 5.91 Å². The summed E-state index contributed by atoms with van der Waals surface area (Å²) < 4.78 is 59.7. The Morgan fingerprint density at radius 3 is 2.65 bits per heavy atom. The van der Waals surface area contributed by atoms with Crippen LogP contribution in [0.15, 0.2) is 52.0 Å². The van der Waals surface area contributed by atoms with Gasteiger partial charge in [0, 0.05) is 36.7 Å². The first-order chi connectivity index (χ1) is 18.9. The Kier molecular flexibility index (Phi) is 8.71. The van der Waals surface area contributed by atoms with E-state index in [9.17, 15) is 37.1 Å². The summed E-state index contributed by atoms with van der Waals surface area (Å²) >= 11 is 0. The van der Waals surface area contributed by atoms with Crippen molar-refractivity contribution in [1.29, 1.82) is 0 Å². The van der Waals surface area contributed by atoms with Crippen LogP contribution >= 0.6 is 0 Å². The molecule has 1 saturated heterocycles. The second-order valence-electron chi connectivity index (χ2n) is 10.1.